The maximum atomic E-state index is 5.99. The van der Waals surface area contributed by atoms with Crippen LogP contribution >= 0.6 is 12.2 Å². The van der Waals surface area contributed by atoms with Crippen LogP contribution in [0.25, 0.3) is 0 Å². The number of methoxy groups -OCH3 is 1. The Bertz CT molecular complexity index is 683. The molecule has 0 saturated heterocycles. The highest BCUT2D eigenvalue weighted by molar-refractivity contribution is 7.80. The summed E-state index contributed by atoms with van der Waals surface area (Å²) in [5.41, 5.74) is 5.50. The molecular weight excluding hydrogens is 294 g/mol. The van der Waals surface area contributed by atoms with E-state index >= 15 is 0 Å². The molecule has 0 aliphatic rings. The maximum absolute atomic E-state index is 5.99. The molecule has 0 fully saturated rings. The Hall–Kier alpha value is -2.07. The lowest BCUT2D eigenvalue weighted by Gasteiger charge is -2.16. The number of hydrogen-bond acceptors (Lipinski definition) is 3. The third-order valence-electron chi connectivity index (χ3n) is 3.53. The molecule has 22 heavy (non-hydrogen) atoms. The Balaban J connectivity index is 2.19. The predicted octanol–water partition coefficient (Wildman–Crippen LogP) is 4.53. The van der Waals surface area contributed by atoms with Crippen molar-refractivity contribution in [1.82, 2.24) is 0 Å². The highest BCUT2D eigenvalue weighted by Crippen LogP contribution is 2.24. The predicted molar refractivity (Wildman–Crippen MR) is 94.7 cm³/mol. The minimum Gasteiger partial charge on any atom is -0.489 e. The third-order valence-corrected chi connectivity index (χ3v) is 3.80. The SMILES string of the molecule is COC(=S)Nc1cccc(C)c1COc1ccc(C)cc1C. The Morgan fingerprint density at radius 3 is 2.55 bits per heavy atom. The van der Waals surface area contributed by atoms with Crippen LogP contribution in [0.3, 0.4) is 0 Å². The van der Waals surface area contributed by atoms with Crippen LogP contribution in [0.15, 0.2) is 36.4 Å². The summed E-state index contributed by atoms with van der Waals surface area (Å²) in [5, 5.41) is 3.44. The second-order valence-corrected chi connectivity index (χ2v) is 5.65. The number of ether oxygens (including phenoxy) is 2. The first kappa shape index (κ1) is 16.3. The van der Waals surface area contributed by atoms with E-state index in [1.54, 1.807) is 7.11 Å². The van der Waals surface area contributed by atoms with Crippen LogP contribution in [-0.2, 0) is 11.3 Å². The van der Waals surface area contributed by atoms with Crippen LogP contribution in [0.2, 0.25) is 0 Å². The average molecular weight is 315 g/mol. The first-order valence-corrected chi connectivity index (χ1v) is 7.55. The van der Waals surface area contributed by atoms with Gasteiger partial charge in [0.05, 0.1) is 7.11 Å². The fourth-order valence-electron chi connectivity index (χ4n) is 2.28. The zero-order valence-corrected chi connectivity index (χ0v) is 14.2. The van der Waals surface area contributed by atoms with Gasteiger partial charge in [-0.25, -0.2) is 0 Å². The number of anilines is 1. The Morgan fingerprint density at radius 1 is 1.09 bits per heavy atom. The van der Waals surface area contributed by atoms with Gasteiger partial charge in [0.25, 0.3) is 5.17 Å². The highest BCUT2D eigenvalue weighted by atomic mass is 32.1. The van der Waals surface area contributed by atoms with Crippen molar-refractivity contribution in [2.45, 2.75) is 27.4 Å². The van der Waals surface area contributed by atoms with Crippen molar-refractivity contribution in [3.05, 3.63) is 58.7 Å². The Kier molecular flexibility index (Phi) is 5.39. The molecule has 4 heteroatoms. The van der Waals surface area contributed by atoms with Gasteiger partial charge in [0, 0.05) is 11.3 Å². The Labute approximate surface area is 137 Å². The molecule has 0 saturated carbocycles. The van der Waals surface area contributed by atoms with Crippen molar-refractivity contribution >= 4 is 23.1 Å². The first-order chi connectivity index (χ1) is 10.5. The molecule has 2 rings (SSSR count). The highest BCUT2D eigenvalue weighted by Gasteiger charge is 2.09. The average Bonchev–Trinajstić information content (AvgIpc) is 2.48. The summed E-state index contributed by atoms with van der Waals surface area (Å²) in [6.45, 7) is 6.66. The quantitative estimate of drug-likeness (QED) is 0.840. The lowest BCUT2D eigenvalue weighted by Crippen LogP contribution is -2.13. The summed E-state index contributed by atoms with van der Waals surface area (Å²) >= 11 is 5.08. The minimum atomic E-state index is 0.346. The van der Waals surface area contributed by atoms with E-state index in [-0.39, 0.29) is 0 Å². The third kappa shape index (κ3) is 3.98. The van der Waals surface area contributed by atoms with Crippen LogP contribution in [0.4, 0.5) is 5.69 Å². The molecule has 0 atom stereocenters. The summed E-state index contributed by atoms with van der Waals surface area (Å²) in [6, 6.07) is 12.2. The monoisotopic (exact) mass is 315 g/mol. The van der Waals surface area contributed by atoms with Gasteiger partial charge in [-0.15, -0.1) is 0 Å². The van der Waals surface area contributed by atoms with Gasteiger partial charge in [-0.3, -0.25) is 0 Å². The van der Waals surface area contributed by atoms with Crippen molar-refractivity contribution in [3.63, 3.8) is 0 Å². The smallest absolute Gasteiger partial charge is 0.260 e. The Morgan fingerprint density at radius 2 is 1.86 bits per heavy atom. The molecule has 0 radical (unpaired) electrons. The lowest BCUT2D eigenvalue weighted by atomic mass is 10.1. The maximum Gasteiger partial charge on any atom is 0.260 e. The van der Waals surface area contributed by atoms with Crippen LogP contribution in [0.5, 0.6) is 5.75 Å². The normalized spacial score (nSPS) is 10.2. The van der Waals surface area contributed by atoms with Gasteiger partial charge < -0.3 is 14.8 Å². The molecule has 0 aromatic heterocycles. The molecule has 1 N–H and O–H groups in total. The summed E-state index contributed by atoms with van der Waals surface area (Å²) in [5.74, 6) is 0.897. The van der Waals surface area contributed by atoms with Crippen LogP contribution < -0.4 is 10.1 Å². The summed E-state index contributed by atoms with van der Waals surface area (Å²) in [4.78, 5) is 0. The van der Waals surface area contributed by atoms with Crippen LogP contribution in [0, 0.1) is 20.8 Å². The first-order valence-electron chi connectivity index (χ1n) is 7.14. The molecule has 0 bridgehead atoms. The second-order valence-electron chi connectivity index (χ2n) is 5.28. The largest absolute Gasteiger partial charge is 0.489 e. The van der Waals surface area contributed by atoms with Gasteiger partial charge in [0.1, 0.15) is 12.4 Å². The van der Waals surface area contributed by atoms with Crippen LogP contribution in [0.1, 0.15) is 22.3 Å². The van der Waals surface area contributed by atoms with Gasteiger partial charge >= 0.3 is 0 Å². The number of nitrogens with one attached hydrogen (secondary N) is 1. The number of rotatable bonds is 4. The van der Waals surface area contributed by atoms with E-state index in [2.05, 4.69) is 44.3 Å². The van der Waals surface area contributed by atoms with Gasteiger partial charge in [-0.05, 0) is 56.2 Å². The molecule has 3 nitrogen and oxygen atoms in total. The second kappa shape index (κ2) is 7.27. The molecule has 116 valence electrons. The molecule has 0 amide bonds. The fraction of sp³-hybridized carbons (Fsp3) is 0.278. The van der Waals surface area contributed by atoms with Gasteiger partial charge in [-0.2, -0.15) is 0 Å². The van der Waals surface area contributed by atoms with Crippen molar-refractivity contribution in [2.24, 2.45) is 0 Å². The van der Waals surface area contributed by atoms with E-state index in [1.807, 2.05) is 18.2 Å². The van der Waals surface area contributed by atoms with Crippen molar-refractivity contribution < 1.29 is 9.47 Å². The van der Waals surface area contributed by atoms with Crippen LogP contribution in [-0.4, -0.2) is 12.3 Å². The number of benzene rings is 2. The van der Waals surface area contributed by atoms with E-state index < -0.39 is 0 Å². The summed E-state index contributed by atoms with van der Waals surface area (Å²) in [7, 11) is 1.55. The van der Waals surface area contributed by atoms with Gasteiger partial charge in [-0.1, -0.05) is 29.8 Å². The standard InChI is InChI=1S/C18H21NO2S/c1-12-8-9-17(14(3)10-12)21-11-15-13(2)6-5-7-16(15)19-18(22)20-4/h5-10H,11H2,1-4H3,(H,19,22). The summed E-state index contributed by atoms with van der Waals surface area (Å²) in [6.07, 6.45) is 0. The molecule has 0 aliphatic carbocycles. The van der Waals surface area contributed by atoms with E-state index in [0.717, 1.165) is 28.1 Å². The van der Waals surface area contributed by atoms with Crippen molar-refractivity contribution in [2.75, 3.05) is 12.4 Å². The zero-order chi connectivity index (χ0) is 16.1. The molecule has 0 aliphatic heterocycles. The van der Waals surface area contributed by atoms with E-state index in [1.165, 1.54) is 5.56 Å². The zero-order valence-electron chi connectivity index (χ0n) is 13.4. The molecular formula is C18H21NO2S. The molecule has 2 aromatic carbocycles. The molecule has 0 spiro atoms. The van der Waals surface area contributed by atoms with Crippen molar-refractivity contribution in [3.8, 4) is 5.75 Å². The molecule has 0 unspecified atom stereocenters. The number of thiocarbonyl (C=S) groups is 1. The van der Waals surface area contributed by atoms with E-state index in [9.17, 15) is 0 Å². The summed E-state index contributed by atoms with van der Waals surface area (Å²) < 4.78 is 11.0. The van der Waals surface area contributed by atoms with E-state index in [4.69, 9.17) is 21.7 Å². The van der Waals surface area contributed by atoms with Gasteiger partial charge in [0.2, 0.25) is 0 Å². The van der Waals surface area contributed by atoms with E-state index in [0.29, 0.717) is 11.8 Å². The minimum absolute atomic E-state index is 0.346. The number of aryl methyl sites for hydroxylation is 3. The lowest BCUT2D eigenvalue weighted by molar-refractivity contribution is 0.304. The van der Waals surface area contributed by atoms with Gasteiger partial charge in [0.15, 0.2) is 0 Å². The molecule has 0 heterocycles. The molecule has 2 aromatic rings. The van der Waals surface area contributed by atoms with Crippen molar-refractivity contribution in [1.29, 1.82) is 0 Å². The number of hydrogen-bond donors (Lipinski definition) is 1. The topological polar surface area (TPSA) is 30.5 Å². The fourth-order valence-corrected chi connectivity index (χ4v) is 2.39.